The van der Waals surface area contributed by atoms with Gasteiger partial charge in [-0.2, -0.15) is 0 Å². The largest absolute Gasteiger partial charge is 0.397 e. The van der Waals surface area contributed by atoms with Gasteiger partial charge in [0.05, 0.1) is 17.8 Å². The maximum Gasteiger partial charge on any atom is 0.228 e. The van der Waals surface area contributed by atoms with Gasteiger partial charge in [-0.15, -0.1) is 0 Å². The first-order chi connectivity index (χ1) is 9.04. The Morgan fingerprint density at radius 1 is 1.26 bits per heavy atom. The number of benzene rings is 2. The van der Waals surface area contributed by atoms with Crippen LogP contribution in [0.15, 0.2) is 46.9 Å². The molecule has 98 valence electrons. The van der Waals surface area contributed by atoms with Crippen LogP contribution in [0.2, 0.25) is 5.02 Å². The molecule has 0 bridgehead atoms. The molecule has 0 saturated heterocycles. The Kier molecular flexibility index (Phi) is 4.45. The van der Waals surface area contributed by atoms with Crippen molar-refractivity contribution in [3.05, 3.63) is 57.5 Å². The molecule has 1 amide bonds. The van der Waals surface area contributed by atoms with Crippen LogP contribution < -0.4 is 11.1 Å². The predicted molar refractivity (Wildman–Crippen MR) is 82.3 cm³/mol. The third-order valence-corrected chi connectivity index (χ3v) is 3.27. The standard InChI is InChI=1S/C14H12BrClN2O/c15-10-4-5-13(12(17)8-10)18-14(19)7-9-2-1-3-11(16)6-9/h1-6,8H,7,17H2,(H,18,19). The van der Waals surface area contributed by atoms with Gasteiger partial charge in [0.2, 0.25) is 5.91 Å². The molecule has 2 rings (SSSR count). The molecule has 0 aliphatic carbocycles. The van der Waals surface area contributed by atoms with Crippen molar-refractivity contribution in [3.63, 3.8) is 0 Å². The van der Waals surface area contributed by atoms with Crippen LogP contribution in [0.1, 0.15) is 5.56 Å². The van der Waals surface area contributed by atoms with Crippen LogP contribution in [-0.4, -0.2) is 5.91 Å². The Morgan fingerprint density at radius 3 is 2.74 bits per heavy atom. The maximum absolute atomic E-state index is 11.9. The van der Waals surface area contributed by atoms with Crippen LogP contribution in [-0.2, 0) is 11.2 Å². The second-order valence-corrected chi connectivity index (χ2v) is 5.44. The molecule has 0 heterocycles. The highest BCUT2D eigenvalue weighted by molar-refractivity contribution is 9.10. The molecule has 0 atom stereocenters. The van der Waals surface area contributed by atoms with Gasteiger partial charge in [-0.3, -0.25) is 4.79 Å². The fourth-order valence-corrected chi connectivity index (χ4v) is 2.27. The van der Waals surface area contributed by atoms with Gasteiger partial charge in [-0.1, -0.05) is 39.7 Å². The van der Waals surface area contributed by atoms with Gasteiger partial charge in [0.25, 0.3) is 0 Å². The van der Waals surface area contributed by atoms with E-state index >= 15 is 0 Å². The normalized spacial score (nSPS) is 10.2. The highest BCUT2D eigenvalue weighted by Gasteiger charge is 2.07. The van der Waals surface area contributed by atoms with Crippen molar-refractivity contribution in [2.75, 3.05) is 11.1 Å². The summed E-state index contributed by atoms with van der Waals surface area (Å²) in [6, 6.07) is 12.5. The van der Waals surface area contributed by atoms with Gasteiger partial charge in [-0.05, 0) is 35.9 Å². The van der Waals surface area contributed by atoms with Crippen LogP contribution >= 0.6 is 27.5 Å². The zero-order valence-corrected chi connectivity index (χ0v) is 12.3. The molecule has 3 nitrogen and oxygen atoms in total. The molecule has 2 aromatic carbocycles. The van der Waals surface area contributed by atoms with Crippen molar-refractivity contribution in [2.45, 2.75) is 6.42 Å². The number of carbonyl (C=O) groups is 1. The molecule has 19 heavy (non-hydrogen) atoms. The average molecular weight is 340 g/mol. The van der Waals surface area contributed by atoms with E-state index in [0.29, 0.717) is 16.4 Å². The van der Waals surface area contributed by atoms with Crippen LogP contribution in [0.25, 0.3) is 0 Å². The first kappa shape index (κ1) is 13.9. The van der Waals surface area contributed by atoms with E-state index in [1.54, 1.807) is 24.3 Å². The monoisotopic (exact) mass is 338 g/mol. The summed E-state index contributed by atoms with van der Waals surface area (Å²) < 4.78 is 0.873. The molecular weight excluding hydrogens is 328 g/mol. The molecule has 0 saturated carbocycles. The number of amides is 1. The number of nitrogen functional groups attached to an aromatic ring is 1. The van der Waals surface area contributed by atoms with E-state index in [4.69, 9.17) is 17.3 Å². The maximum atomic E-state index is 11.9. The number of hydrogen-bond donors (Lipinski definition) is 2. The third-order valence-electron chi connectivity index (χ3n) is 2.54. The molecule has 0 spiro atoms. The summed E-state index contributed by atoms with van der Waals surface area (Å²) in [6.07, 6.45) is 0.260. The number of rotatable bonds is 3. The highest BCUT2D eigenvalue weighted by Crippen LogP contribution is 2.23. The molecule has 5 heteroatoms. The van der Waals surface area contributed by atoms with E-state index in [-0.39, 0.29) is 12.3 Å². The number of halogens is 2. The second-order valence-electron chi connectivity index (χ2n) is 4.09. The van der Waals surface area contributed by atoms with Gasteiger partial charge >= 0.3 is 0 Å². The van der Waals surface area contributed by atoms with E-state index in [1.165, 1.54) is 0 Å². The third kappa shape index (κ3) is 3.98. The van der Waals surface area contributed by atoms with E-state index in [0.717, 1.165) is 10.0 Å². The van der Waals surface area contributed by atoms with Gasteiger partial charge in [-0.25, -0.2) is 0 Å². The van der Waals surface area contributed by atoms with Crippen molar-refractivity contribution in [3.8, 4) is 0 Å². The van der Waals surface area contributed by atoms with E-state index in [9.17, 15) is 4.79 Å². The van der Waals surface area contributed by atoms with E-state index in [2.05, 4.69) is 21.2 Å². The van der Waals surface area contributed by atoms with Crippen molar-refractivity contribution in [2.24, 2.45) is 0 Å². The van der Waals surface area contributed by atoms with Crippen LogP contribution in [0.3, 0.4) is 0 Å². The van der Waals surface area contributed by atoms with Crippen molar-refractivity contribution in [1.29, 1.82) is 0 Å². The molecule has 0 aliphatic heterocycles. The summed E-state index contributed by atoms with van der Waals surface area (Å²) in [5.74, 6) is -0.128. The Bertz CT molecular complexity index is 616. The summed E-state index contributed by atoms with van der Waals surface area (Å²) in [5.41, 5.74) is 7.81. The smallest absolute Gasteiger partial charge is 0.228 e. The highest BCUT2D eigenvalue weighted by atomic mass is 79.9. The lowest BCUT2D eigenvalue weighted by molar-refractivity contribution is -0.115. The summed E-state index contributed by atoms with van der Waals surface area (Å²) in [5, 5.41) is 3.40. The zero-order valence-electron chi connectivity index (χ0n) is 9.99. The summed E-state index contributed by atoms with van der Waals surface area (Å²) in [4.78, 5) is 11.9. The quantitative estimate of drug-likeness (QED) is 0.834. The van der Waals surface area contributed by atoms with Gasteiger partial charge in [0, 0.05) is 9.50 Å². The topological polar surface area (TPSA) is 55.1 Å². The molecule has 3 N–H and O–H groups in total. The van der Waals surface area contributed by atoms with Crippen LogP contribution in [0.4, 0.5) is 11.4 Å². The molecule has 0 aliphatic rings. The Labute approximate surface area is 124 Å². The molecule has 2 aromatic rings. The second kappa shape index (κ2) is 6.08. The van der Waals surface area contributed by atoms with Gasteiger partial charge in [0.1, 0.15) is 0 Å². The number of carbonyl (C=O) groups excluding carboxylic acids is 1. The Hall–Kier alpha value is -1.52. The molecule has 0 fully saturated rings. The number of nitrogens with two attached hydrogens (primary N) is 1. The molecule has 0 unspecified atom stereocenters. The summed E-state index contributed by atoms with van der Waals surface area (Å²) in [6.45, 7) is 0. The number of anilines is 2. The number of hydrogen-bond acceptors (Lipinski definition) is 2. The van der Waals surface area contributed by atoms with E-state index < -0.39 is 0 Å². The Morgan fingerprint density at radius 2 is 2.05 bits per heavy atom. The average Bonchev–Trinajstić information content (AvgIpc) is 2.33. The van der Waals surface area contributed by atoms with Crippen molar-refractivity contribution in [1.82, 2.24) is 0 Å². The minimum absolute atomic E-state index is 0.128. The first-order valence-electron chi connectivity index (χ1n) is 5.64. The molecule has 0 aromatic heterocycles. The lowest BCUT2D eigenvalue weighted by Crippen LogP contribution is -2.15. The van der Waals surface area contributed by atoms with Gasteiger partial charge < -0.3 is 11.1 Å². The minimum atomic E-state index is -0.128. The summed E-state index contributed by atoms with van der Waals surface area (Å²) in [7, 11) is 0. The van der Waals surface area contributed by atoms with Crippen LogP contribution in [0.5, 0.6) is 0 Å². The summed E-state index contributed by atoms with van der Waals surface area (Å²) >= 11 is 9.19. The molecule has 0 radical (unpaired) electrons. The SMILES string of the molecule is Nc1cc(Br)ccc1NC(=O)Cc1cccc(Cl)c1. The van der Waals surface area contributed by atoms with Crippen molar-refractivity contribution < 1.29 is 4.79 Å². The predicted octanol–water partition coefficient (Wildman–Crippen LogP) is 3.87. The number of nitrogens with one attached hydrogen (secondary N) is 1. The lowest BCUT2D eigenvalue weighted by Gasteiger charge is -2.08. The van der Waals surface area contributed by atoms with E-state index in [1.807, 2.05) is 18.2 Å². The molecular formula is C14H12BrClN2O. The minimum Gasteiger partial charge on any atom is -0.397 e. The zero-order chi connectivity index (χ0) is 13.8. The lowest BCUT2D eigenvalue weighted by atomic mass is 10.1. The fourth-order valence-electron chi connectivity index (χ4n) is 1.67. The van der Waals surface area contributed by atoms with Gasteiger partial charge in [0.15, 0.2) is 0 Å². The van der Waals surface area contributed by atoms with Crippen molar-refractivity contribution >= 4 is 44.8 Å². The fraction of sp³-hybridized carbons (Fsp3) is 0.0714. The Balaban J connectivity index is 2.05. The first-order valence-corrected chi connectivity index (χ1v) is 6.81. The van der Waals surface area contributed by atoms with Crippen LogP contribution in [0, 0.1) is 0 Å².